The number of aliphatic carboxylic acids is 1. The predicted octanol–water partition coefficient (Wildman–Crippen LogP) is 3.26. The van der Waals surface area contributed by atoms with Crippen LogP contribution in [0.2, 0.25) is 0 Å². The van der Waals surface area contributed by atoms with E-state index in [9.17, 15) is 9.59 Å². The van der Waals surface area contributed by atoms with Crippen LogP contribution in [0.1, 0.15) is 24.1 Å². The fourth-order valence-corrected chi connectivity index (χ4v) is 2.84. The van der Waals surface area contributed by atoms with E-state index in [0.29, 0.717) is 30.8 Å². The van der Waals surface area contributed by atoms with E-state index in [0.717, 1.165) is 10.9 Å². The lowest BCUT2D eigenvalue weighted by atomic mass is 10.1. The summed E-state index contributed by atoms with van der Waals surface area (Å²) in [7, 11) is 0. The smallest absolute Gasteiger partial charge is 0.303 e. The highest BCUT2D eigenvalue weighted by Crippen LogP contribution is 2.19. The normalized spacial score (nSPS) is 10.8. The van der Waals surface area contributed by atoms with Crippen molar-refractivity contribution >= 4 is 22.8 Å². The van der Waals surface area contributed by atoms with Crippen LogP contribution in [0.15, 0.2) is 59.1 Å². The number of carboxylic acids is 1. The molecule has 1 amide bonds. The first-order chi connectivity index (χ1) is 12.6. The lowest BCUT2D eigenvalue weighted by Gasteiger charge is -2.22. The number of nitrogens with zero attached hydrogens (tertiary/aromatic N) is 2. The Hall–Kier alpha value is -3.15. The van der Waals surface area contributed by atoms with Crippen molar-refractivity contribution in [2.45, 2.75) is 25.8 Å². The lowest BCUT2D eigenvalue weighted by molar-refractivity contribution is -0.138. The minimum Gasteiger partial charge on any atom is -0.481 e. The lowest BCUT2D eigenvalue weighted by Crippen LogP contribution is -2.33. The Kier molecular flexibility index (Phi) is 5.63. The van der Waals surface area contributed by atoms with E-state index in [1.807, 2.05) is 54.6 Å². The largest absolute Gasteiger partial charge is 0.481 e. The van der Waals surface area contributed by atoms with Crippen LogP contribution in [0.4, 0.5) is 0 Å². The number of hydrogen-bond acceptors (Lipinski definition) is 4. The van der Waals surface area contributed by atoms with E-state index < -0.39 is 5.97 Å². The maximum Gasteiger partial charge on any atom is 0.303 e. The molecule has 26 heavy (non-hydrogen) atoms. The van der Waals surface area contributed by atoms with Crippen molar-refractivity contribution in [3.8, 4) is 0 Å². The summed E-state index contributed by atoms with van der Waals surface area (Å²) in [6.07, 6.45) is 0.565. The third-order valence-electron chi connectivity index (χ3n) is 4.16. The van der Waals surface area contributed by atoms with Gasteiger partial charge in [0.2, 0.25) is 5.91 Å². The van der Waals surface area contributed by atoms with E-state index in [4.69, 9.17) is 9.63 Å². The molecule has 0 spiro atoms. The second-order valence-corrected chi connectivity index (χ2v) is 6.10. The molecule has 2 aromatic carbocycles. The van der Waals surface area contributed by atoms with Crippen LogP contribution in [-0.4, -0.2) is 33.6 Å². The number of para-hydroxylation sites is 1. The van der Waals surface area contributed by atoms with Crippen molar-refractivity contribution < 1.29 is 19.2 Å². The Labute approximate surface area is 151 Å². The molecular formula is C20H20N2O4. The van der Waals surface area contributed by atoms with Crippen LogP contribution < -0.4 is 0 Å². The summed E-state index contributed by atoms with van der Waals surface area (Å²) in [5.74, 6) is -0.960. The van der Waals surface area contributed by atoms with Crippen LogP contribution in [0.25, 0.3) is 11.0 Å². The summed E-state index contributed by atoms with van der Waals surface area (Å²) < 4.78 is 5.26. The Morgan fingerprint density at radius 2 is 1.77 bits per heavy atom. The van der Waals surface area contributed by atoms with Gasteiger partial charge in [0.25, 0.3) is 0 Å². The molecule has 1 heterocycles. The fraction of sp³-hybridized carbons (Fsp3) is 0.250. The maximum absolute atomic E-state index is 12.8. The minimum atomic E-state index is -0.861. The van der Waals surface area contributed by atoms with E-state index in [1.165, 1.54) is 0 Å². The first-order valence-electron chi connectivity index (χ1n) is 8.50. The van der Waals surface area contributed by atoms with Crippen LogP contribution >= 0.6 is 0 Å². The maximum atomic E-state index is 12.8. The molecule has 0 atom stereocenters. The van der Waals surface area contributed by atoms with Crippen molar-refractivity contribution in [3.05, 3.63) is 65.9 Å². The molecule has 0 aliphatic heterocycles. The van der Waals surface area contributed by atoms with E-state index in [2.05, 4.69) is 5.16 Å². The van der Waals surface area contributed by atoms with Crippen molar-refractivity contribution in [3.63, 3.8) is 0 Å². The summed E-state index contributed by atoms with van der Waals surface area (Å²) in [4.78, 5) is 25.3. The molecular weight excluding hydrogens is 332 g/mol. The summed E-state index contributed by atoms with van der Waals surface area (Å²) in [5, 5.41) is 13.7. The molecule has 0 saturated carbocycles. The second kappa shape index (κ2) is 8.29. The van der Waals surface area contributed by atoms with Gasteiger partial charge in [0.1, 0.15) is 5.69 Å². The number of aromatic nitrogens is 1. The molecule has 3 aromatic rings. The quantitative estimate of drug-likeness (QED) is 0.673. The molecule has 0 unspecified atom stereocenters. The van der Waals surface area contributed by atoms with Gasteiger partial charge >= 0.3 is 5.97 Å². The van der Waals surface area contributed by atoms with Crippen molar-refractivity contribution in [2.75, 3.05) is 6.54 Å². The summed E-state index contributed by atoms with van der Waals surface area (Å²) in [6, 6.07) is 17.1. The topological polar surface area (TPSA) is 83.6 Å². The van der Waals surface area contributed by atoms with Crippen LogP contribution in [-0.2, 0) is 22.6 Å². The van der Waals surface area contributed by atoms with Crippen molar-refractivity contribution in [2.24, 2.45) is 0 Å². The Bertz CT molecular complexity index is 889. The highest BCUT2D eigenvalue weighted by atomic mass is 16.5. The first kappa shape index (κ1) is 17.7. The highest BCUT2D eigenvalue weighted by Gasteiger charge is 2.18. The van der Waals surface area contributed by atoms with Crippen LogP contribution in [0.3, 0.4) is 0 Å². The molecule has 0 fully saturated rings. The molecule has 6 heteroatoms. The molecule has 1 aromatic heterocycles. The van der Waals surface area contributed by atoms with Gasteiger partial charge in [0.15, 0.2) is 5.58 Å². The van der Waals surface area contributed by atoms with Gasteiger partial charge in [-0.1, -0.05) is 47.6 Å². The van der Waals surface area contributed by atoms with Crippen LogP contribution in [0.5, 0.6) is 0 Å². The third kappa shape index (κ3) is 4.47. The monoisotopic (exact) mass is 352 g/mol. The number of amides is 1. The molecule has 6 nitrogen and oxygen atoms in total. The Balaban J connectivity index is 1.73. The Morgan fingerprint density at radius 1 is 1.04 bits per heavy atom. The molecule has 0 bridgehead atoms. The summed E-state index contributed by atoms with van der Waals surface area (Å²) in [5.41, 5.74) is 2.25. The van der Waals surface area contributed by atoms with E-state index >= 15 is 0 Å². The molecule has 0 aliphatic carbocycles. The van der Waals surface area contributed by atoms with Gasteiger partial charge in [-0.25, -0.2) is 0 Å². The molecule has 0 radical (unpaired) electrons. The number of benzene rings is 2. The Morgan fingerprint density at radius 3 is 2.54 bits per heavy atom. The van der Waals surface area contributed by atoms with Gasteiger partial charge < -0.3 is 14.5 Å². The third-order valence-corrected chi connectivity index (χ3v) is 4.16. The minimum absolute atomic E-state index is 0.0332. The van der Waals surface area contributed by atoms with Gasteiger partial charge in [0.05, 0.1) is 6.42 Å². The number of hydrogen-bond donors (Lipinski definition) is 1. The number of fused-ring (bicyclic) bond motifs is 1. The summed E-state index contributed by atoms with van der Waals surface area (Å²) in [6.45, 7) is 0.824. The molecule has 3 rings (SSSR count). The van der Waals surface area contributed by atoms with E-state index in [1.54, 1.807) is 4.90 Å². The zero-order valence-corrected chi connectivity index (χ0v) is 14.3. The molecule has 1 N–H and O–H groups in total. The zero-order valence-electron chi connectivity index (χ0n) is 14.3. The van der Waals surface area contributed by atoms with E-state index in [-0.39, 0.29) is 18.7 Å². The molecule has 0 aliphatic rings. The number of carbonyl (C=O) groups excluding carboxylic acids is 1. The van der Waals surface area contributed by atoms with Gasteiger partial charge in [-0.05, 0) is 24.1 Å². The number of rotatable bonds is 8. The average Bonchev–Trinajstić information content (AvgIpc) is 3.04. The SMILES string of the molecule is O=C(O)CCCN(Cc1ccccc1)C(=O)Cc1noc2ccccc12. The van der Waals surface area contributed by atoms with Gasteiger partial charge in [-0.15, -0.1) is 0 Å². The highest BCUT2D eigenvalue weighted by molar-refractivity contribution is 5.86. The zero-order chi connectivity index (χ0) is 18.4. The first-order valence-corrected chi connectivity index (χ1v) is 8.50. The predicted molar refractivity (Wildman–Crippen MR) is 96.4 cm³/mol. The van der Waals surface area contributed by atoms with Gasteiger partial charge in [0, 0.05) is 24.9 Å². The van der Waals surface area contributed by atoms with Crippen molar-refractivity contribution in [1.29, 1.82) is 0 Å². The van der Waals surface area contributed by atoms with Gasteiger partial charge in [-0.2, -0.15) is 0 Å². The molecule has 0 saturated heterocycles. The van der Waals surface area contributed by atoms with Crippen molar-refractivity contribution in [1.82, 2.24) is 10.1 Å². The fourth-order valence-electron chi connectivity index (χ4n) is 2.84. The average molecular weight is 352 g/mol. The number of carboxylic acid groups (broad SMARTS) is 1. The molecule has 134 valence electrons. The van der Waals surface area contributed by atoms with Crippen LogP contribution in [0, 0.1) is 0 Å². The second-order valence-electron chi connectivity index (χ2n) is 6.10. The van der Waals surface area contributed by atoms with Gasteiger partial charge in [-0.3, -0.25) is 9.59 Å². The standard InChI is InChI=1S/C20H20N2O4/c23-19(13-17-16-9-4-5-10-18(16)26-21-17)22(12-6-11-20(24)25)14-15-7-2-1-3-8-15/h1-5,7-10H,6,11-14H2,(H,24,25). The number of carbonyl (C=O) groups is 2. The summed E-state index contributed by atoms with van der Waals surface area (Å²) >= 11 is 0.